The van der Waals surface area contributed by atoms with Crippen LogP contribution in [-0.4, -0.2) is 6.61 Å². The fourth-order valence-corrected chi connectivity index (χ4v) is 5.83. The molecule has 4 rings (SSSR count). The lowest BCUT2D eigenvalue weighted by Crippen LogP contribution is -1.95. The van der Waals surface area contributed by atoms with E-state index in [0.717, 1.165) is 25.2 Å². The molecule has 0 amide bonds. The van der Waals surface area contributed by atoms with Crippen molar-refractivity contribution in [3.8, 4) is 27.3 Å². The molecule has 1 nitrogen and oxygen atoms in total. The summed E-state index contributed by atoms with van der Waals surface area (Å²) < 4.78 is 8.61. The molecular formula is C25H26OS2. The molecule has 0 saturated heterocycles. The van der Waals surface area contributed by atoms with Crippen molar-refractivity contribution in [1.82, 2.24) is 0 Å². The highest BCUT2D eigenvalue weighted by Crippen LogP contribution is 2.39. The Labute approximate surface area is 175 Å². The van der Waals surface area contributed by atoms with Crippen molar-refractivity contribution in [1.29, 1.82) is 0 Å². The van der Waals surface area contributed by atoms with Gasteiger partial charge in [0.05, 0.1) is 6.61 Å². The largest absolute Gasteiger partial charge is 0.494 e. The van der Waals surface area contributed by atoms with E-state index in [1.807, 2.05) is 22.7 Å². The molecule has 2 heterocycles. The number of rotatable bonds is 8. The zero-order valence-corrected chi connectivity index (χ0v) is 18.2. The molecule has 2 aromatic heterocycles. The Morgan fingerprint density at radius 2 is 1.36 bits per heavy atom. The SMILES string of the molecule is CCCCOc1ccc(-c2ccc(-c3cc4sc(CCC)cc4s3)cc2)cc1. The number of thiophene rings is 2. The topological polar surface area (TPSA) is 9.23 Å². The highest BCUT2D eigenvalue weighted by molar-refractivity contribution is 7.29. The summed E-state index contributed by atoms with van der Waals surface area (Å²) >= 11 is 3.85. The third-order valence-electron chi connectivity index (χ3n) is 4.88. The normalized spacial score (nSPS) is 11.2. The molecule has 0 spiro atoms. The number of hydrogen-bond acceptors (Lipinski definition) is 3. The molecule has 4 aromatic rings. The average molecular weight is 407 g/mol. The van der Waals surface area contributed by atoms with Crippen molar-refractivity contribution in [2.24, 2.45) is 0 Å². The van der Waals surface area contributed by atoms with Gasteiger partial charge in [0.25, 0.3) is 0 Å². The smallest absolute Gasteiger partial charge is 0.119 e. The monoisotopic (exact) mass is 406 g/mol. The summed E-state index contributed by atoms with van der Waals surface area (Å²) in [6, 6.07) is 22.1. The molecule has 144 valence electrons. The van der Waals surface area contributed by atoms with Crippen LogP contribution in [0.5, 0.6) is 5.75 Å². The van der Waals surface area contributed by atoms with Crippen LogP contribution in [0.4, 0.5) is 0 Å². The Balaban J connectivity index is 1.48. The van der Waals surface area contributed by atoms with Crippen LogP contribution in [0.1, 0.15) is 38.0 Å². The van der Waals surface area contributed by atoms with Gasteiger partial charge in [-0.15, -0.1) is 22.7 Å². The minimum atomic E-state index is 0.794. The van der Waals surface area contributed by atoms with E-state index in [1.165, 1.54) is 48.7 Å². The zero-order valence-electron chi connectivity index (χ0n) is 16.5. The van der Waals surface area contributed by atoms with Crippen molar-refractivity contribution in [3.05, 3.63) is 65.5 Å². The molecule has 0 bridgehead atoms. The van der Waals surface area contributed by atoms with E-state index >= 15 is 0 Å². The maximum absolute atomic E-state index is 5.76. The third-order valence-corrected chi connectivity index (χ3v) is 7.28. The van der Waals surface area contributed by atoms with E-state index in [9.17, 15) is 0 Å². The molecule has 0 fully saturated rings. The minimum absolute atomic E-state index is 0.794. The zero-order chi connectivity index (χ0) is 19.3. The Morgan fingerprint density at radius 1 is 0.714 bits per heavy atom. The van der Waals surface area contributed by atoms with Gasteiger partial charge in [0.2, 0.25) is 0 Å². The van der Waals surface area contributed by atoms with Gasteiger partial charge in [-0.1, -0.05) is 63.1 Å². The number of hydrogen-bond donors (Lipinski definition) is 0. The Kier molecular flexibility index (Phi) is 6.13. The fourth-order valence-electron chi connectivity index (χ4n) is 3.30. The summed E-state index contributed by atoms with van der Waals surface area (Å²) in [6.07, 6.45) is 4.67. The number of ether oxygens (including phenoxy) is 1. The number of aryl methyl sites for hydroxylation is 1. The first-order chi connectivity index (χ1) is 13.8. The standard InChI is InChI=1S/C25H26OS2/c1-3-5-15-26-21-13-11-19(12-14-21)18-7-9-20(10-8-18)23-17-25-24(28-23)16-22(27-25)6-4-2/h7-14,16-17H,3-6,15H2,1-2H3. The van der Waals surface area contributed by atoms with Crippen molar-refractivity contribution in [2.45, 2.75) is 39.5 Å². The molecular weight excluding hydrogens is 380 g/mol. The maximum atomic E-state index is 5.76. The molecule has 0 N–H and O–H groups in total. The van der Waals surface area contributed by atoms with Gasteiger partial charge in [-0.2, -0.15) is 0 Å². The summed E-state index contributed by atoms with van der Waals surface area (Å²) in [5.74, 6) is 0.954. The third kappa shape index (κ3) is 4.31. The molecule has 2 aromatic carbocycles. The van der Waals surface area contributed by atoms with Crippen LogP contribution in [0, 0.1) is 0 Å². The van der Waals surface area contributed by atoms with Gasteiger partial charge in [0, 0.05) is 19.2 Å². The van der Waals surface area contributed by atoms with Crippen molar-refractivity contribution >= 4 is 32.1 Å². The predicted molar refractivity (Wildman–Crippen MR) is 125 cm³/mol. The van der Waals surface area contributed by atoms with E-state index in [-0.39, 0.29) is 0 Å². The Morgan fingerprint density at radius 3 is 2.00 bits per heavy atom. The lowest BCUT2D eigenvalue weighted by molar-refractivity contribution is 0.309. The van der Waals surface area contributed by atoms with Crippen molar-refractivity contribution < 1.29 is 4.74 Å². The van der Waals surface area contributed by atoms with Gasteiger partial charge in [0.1, 0.15) is 5.75 Å². The summed E-state index contributed by atoms with van der Waals surface area (Å²) in [7, 11) is 0. The molecule has 0 atom stereocenters. The molecule has 28 heavy (non-hydrogen) atoms. The number of benzene rings is 2. The second-order valence-corrected chi connectivity index (χ2v) is 9.36. The maximum Gasteiger partial charge on any atom is 0.119 e. The van der Waals surface area contributed by atoms with E-state index in [0.29, 0.717) is 0 Å². The minimum Gasteiger partial charge on any atom is -0.494 e. The lowest BCUT2D eigenvalue weighted by Gasteiger charge is -2.07. The van der Waals surface area contributed by atoms with Crippen LogP contribution >= 0.6 is 22.7 Å². The molecule has 0 unspecified atom stereocenters. The Hall–Kier alpha value is -2.10. The fraction of sp³-hybridized carbons (Fsp3) is 0.280. The van der Waals surface area contributed by atoms with Gasteiger partial charge in [-0.3, -0.25) is 0 Å². The van der Waals surface area contributed by atoms with Gasteiger partial charge in [-0.05, 0) is 53.8 Å². The first-order valence-electron chi connectivity index (χ1n) is 10.1. The van der Waals surface area contributed by atoms with E-state index < -0.39 is 0 Å². The quantitative estimate of drug-likeness (QED) is 0.267. The van der Waals surface area contributed by atoms with E-state index in [2.05, 4.69) is 74.5 Å². The predicted octanol–water partition coefficient (Wildman–Crippen LogP) is 8.43. The first kappa shape index (κ1) is 19.2. The lowest BCUT2D eigenvalue weighted by atomic mass is 10.0. The van der Waals surface area contributed by atoms with Crippen LogP contribution in [-0.2, 0) is 6.42 Å². The number of fused-ring (bicyclic) bond motifs is 1. The summed E-state index contributed by atoms with van der Waals surface area (Å²) in [6.45, 7) is 5.22. The van der Waals surface area contributed by atoms with Crippen LogP contribution < -0.4 is 4.74 Å². The van der Waals surface area contributed by atoms with Gasteiger partial charge >= 0.3 is 0 Å². The summed E-state index contributed by atoms with van der Waals surface area (Å²) in [4.78, 5) is 2.86. The van der Waals surface area contributed by atoms with Crippen molar-refractivity contribution in [3.63, 3.8) is 0 Å². The second-order valence-electron chi connectivity index (χ2n) is 7.11. The molecule has 0 aliphatic carbocycles. The molecule has 0 aliphatic heterocycles. The Bertz CT molecular complexity index is 991. The molecule has 3 heteroatoms. The van der Waals surface area contributed by atoms with Crippen LogP contribution in [0.3, 0.4) is 0 Å². The van der Waals surface area contributed by atoms with Crippen LogP contribution in [0.25, 0.3) is 31.0 Å². The highest BCUT2D eigenvalue weighted by atomic mass is 32.1. The molecule has 0 radical (unpaired) electrons. The number of unbranched alkanes of at least 4 members (excludes halogenated alkanes) is 1. The van der Waals surface area contributed by atoms with Gasteiger partial charge in [0.15, 0.2) is 0 Å². The van der Waals surface area contributed by atoms with Gasteiger partial charge in [-0.25, -0.2) is 0 Å². The molecule has 0 saturated carbocycles. The second kappa shape index (κ2) is 8.93. The van der Waals surface area contributed by atoms with Gasteiger partial charge < -0.3 is 4.74 Å². The van der Waals surface area contributed by atoms with Crippen molar-refractivity contribution in [2.75, 3.05) is 6.61 Å². The first-order valence-corrected chi connectivity index (χ1v) is 11.8. The summed E-state index contributed by atoms with van der Waals surface area (Å²) in [5, 5.41) is 0. The van der Waals surface area contributed by atoms with Crippen LogP contribution in [0.15, 0.2) is 60.7 Å². The summed E-state index contributed by atoms with van der Waals surface area (Å²) in [5.41, 5.74) is 3.77. The molecule has 0 aliphatic rings. The van der Waals surface area contributed by atoms with Crippen LogP contribution in [0.2, 0.25) is 0 Å². The average Bonchev–Trinajstić information content (AvgIpc) is 3.28. The van der Waals surface area contributed by atoms with E-state index in [4.69, 9.17) is 4.74 Å². The van der Waals surface area contributed by atoms with E-state index in [1.54, 1.807) is 0 Å². The highest BCUT2D eigenvalue weighted by Gasteiger charge is 2.09.